The molecule has 0 spiro atoms. The predicted molar refractivity (Wildman–Crippen MR) is 104 cm³/mol. The van der Waals surface area contributed by atoms with Gasteiger partial charge in [0.2, 0.25) is 0 Å². The molecule has 3 nitrogen and oxygen atoms in total. The van der Waals surface area contributed by atoms with Crippen LogP contribution in [0, 0.1) is 5.82 Å². The highest BCUT2D eigenvalue weighted by atomic mass is 19.1. The Morgan fingerprint density at radius 2 is 1.48 bits per heavy atom. The van der Waals surface area contributed by atoms with E-state index in [1.807, 2.05) is 60.7 Å². The summed E-state index contributed by atoms with van der Waals surface area (Å²) in [6.45, 7) is 0.405. The number of rotatable bonds is 4. The zero-order chi connectivity index (χ0) is 18.6. The molecule has 3 aromatic carbocycles. The number of hydrogen-bond donors (Lipinski definition) is 0. The molecule has 4 rings (SSSR count). The van der Waals surface area contributed by atoms with Crippen molar-refractivity contribution in [3.63, 3.8) is 0 Å². The molecule has 0 fully saturated rings. The molecule has 0 bridgehead atoms. The van der Waals surface area contributed by atoms with E-state index < -0.39 is 0 Å². The van der Waals surface area contributed by atoms with E-state index >= 15 is 0 Å². The topological polar surface area (TPSA) is 32.7 Å². The number of halogens is 1. The Morgan fingerprint density at radius 1 is 0.852 bits per heavy atom. The molecule has 0 aliphatic carbocycles. The van der Waals surface area contributed by atoms with Crippen molar-refractivity contribution in [3.05, 3.63) is 113 Å². The molecule has 0 N–H and O–H groups in total. The number of nitrogens with zero attached hydrogens (tertiary/aromatic N) is 2. The first-order valence-corrected chi connectivity index (χ1v) is 8.68. The van der Waals surface area contributed by atoms with Crippen LogP contribution < -0.4 is 0 Å². The van der Waals surface area contributed by atoms with Crippen molar-refractivity contribution < 1.29 is 9.18 Å². The molecule has 1 aliphatic rings. The molecule has 3 aromatic rings. The lowest BCUT2D eigenvalue weighted by Crippen LogP contribution is -2.32. The van der Waals surface area contributed by atoms with Gasteiger partial charge in [0.05, 0.1) is 6.54 Å². The van der Waals surface area contributed by atoms with Crippen LogP contribution in [0.25, 0.3) is 6.08 Å². The molecule has 0 saturated carbocycles. The van der Waals surface area contributed by atoms with Gasteiger partial charge < -0.3 is 0 Å². The first kappa shape index (κ1) is 16.9. The smallest absolute Gasteiger partial charge is 0.278 e. The van der Waals surface area contributed by atoms with Crippen LogP contribution in [0.4, 0.5) is 4.39 Å². The Kier molecular flexibility index (Phi) is 4.62. The van der Waals surface area contributed by atoms with E-state index in [4.69, 9.17) is 0 Å². The van der Waals surface area contributed by atoms with E-state index in [-0.39, 0.29) is 17.4 Å². The molecule has 1 heterocycles. The molecule has 27 heavy (non-hydrogen) atoms. The van der Waals surface area contributed by atoms with Crippen molar-refractivity contribution in [3.8, 4) is 0 Å². The van der Waals surface area contributed by atoms with Gasteiger partial charge in [0.1, 0.15) is 17.3 Å². The minimum Gasteiger partial charge on any atom is -0.286 e. The van der Waals surface area contributed by atoms with Crippen molar-refractivity contribution in [2.24, 2.45) is 4.99 Å². The fourth-order valence-electron chi connectivity index (χ4n) is 3.01. The van der Waals surface area contributed by atoms with Gasteiger partial charge in [-0.1, -0.05) is 78.9 Å². The largest absolute Gasteiger partial charge is 0.286 e. The number of aliphatic imine (C=N–C) groups is 1. The van der Waals surface area contributed by atoms with Gasteiger partial charge in [-0.3, -0.25) is 9.69 Å². The normalized spacial score (nSPS) is 15.3. The molecule has 4 heteroatoms. The Balaban J connectivity index is 1.75. The molecule has 1 amide bonds. The Morgan fingerprint density at radius 3 is 2.19 bits per heavy atom. The SMILES string of the molecule is O=C1/C(=C/c2ccccc2F)N=C(c2ccccc2)N1Cc1ccccc1. The van der Waals surface area contributed by atoms with Crippen molar-refractivity contribution >= 4 is 17.8 Å². The van der Waals surface area contributed by atoms with E-state index in [9.17, 15) is 9.18 Å². The molecule has 132 valence electrons. The number of carbonyl (C=O) groups is 1. The summed E-state index contributed by atoms with van der Waals surface area (Å²) in [6, 6.07) is 25.6. The maximum Gasteiger partial charge on any atom is 0.278 e. The number of benzene rings is 3. The Bertz CT molecular complexity index is 1030. The molecule has 0 atom stereocenters. The molecular weight excluding hydrogens is 339 g/mol. The highest BCUT2D eigenvalue weighted by molar-refractivity contribution is 6.19. The van der Waals surface area contributed by atoms with Gasteiger partial charge >= 0.3 is 0 Å². The minimum absolute atomic E-state index is 0.231. The maximum absolute atomic E-state index is 14.0. The first-order chi connectivity index (χ1) is 13.2. The van der Waals surface area contributed by atoms with E-state index in [1.165, 1.54) is 12.1 Å². The summed E-state index contributed by atoms with van der Waals surface area (Å²) >= 11 is 0. The van der Waals surface area contributed by atoms with Gasteiger partial charge in [-0.25, -0.2) is 9.38 Å². The van der Waals surface area contributed by atoms with Crippen LogP contribution in [0.2, 0.25) is 0 Å². The fraction of sp³-hybridized carbons (Fsp3) is 0.0435. The summed E-state index contributed by atoms with van der Waals surface area (Å²) < 4.78 is 14.0. The van der Waals surface area contributed by atoms with Crippen LogP contribution in [0.3, 0.4) is 0 Å². The fourth-order valence-corrected chi connectivity index (χ4v) is 3.01. The number of amidine groups is 1. The second-order valence-corrected chi connectivity index (χ2v) is 6.23. The summed E-state index contributed by atoms with van der Waals surface area (Å²) in [4.78, 5) is 19.2. The predicted octanol–water partition coefficient (Wildman–Crippen LogP) is 4.66. The van der Waals surface area contributed by atoms with Crippen LogP contribution >= 0.6 is 0 Å². The summed E-state index contributed by atoms with van der Waals surface area (Å²) in [5, 5.41) is 0. The standard InChI is InChI=1S/C23H17FN2O/c24-20-14-8-7-13-19(20)15-21-23(27)26(16-17-9-3-1-4-10-17)22(25-21)18-11-5-2-6-12-18/h1-15H,16H2/b21-15-. The lowest BCUT2D eigenvalue weighted by Gasteiger charge is -2.18. The average Bonchev–Trinajstić information content (AvgIpc) is 3.01. The van der Waals surface area contributed by atoms with Gasteiger partial charge in [-0.2, -0.15) is 0 Å². The highest BCUT2D eigenvalue weighted by Gasteiger charge is 2.31. The third-order valence-corrected chi connectivity index (χ3v) is 4.36. The van der Waals surface area contributed by atoms with Gasteiger partial charge in [-0.05, 0) is 17.7 Å². The van der Waals surface area contributed by atoms with Crippen LogP contribution in [0.1, 0.15) is 16.7 Å². The zero-order valence-corrected chi connectivity index (χ0v) is 14.5. The Labute approximate surface area is 157 Å². The van der Waals surface area contributed by atoms with Crippen molar-refractivity contribution in [1.29, 1.82) is 0 Å². The summed E-state index contributed by atoms with van der Waals surface area (Å²) in [5.74, 6) is -0.0382. The van der Waals surface area contributed by atoms with Gasteiger partial charge in [-0.15, -0.1) is 0 Å². The van der Waals surface area contributed by atoms with Gasteiger partial charge in [0.15, 0.2) is 0 Å². The quantitative estimate of drug-likeness (QED) is 0.626. The monoisotopic (exact) mass is 356 g/mol. The number of amides is 1. The molecular formula is C23H17FN2O. The molecule has 0 saturated heterocycles. The molecule has 1 aliphatic heterocycles. The lowest BCUT2D eigenvalue weighted by atomic mass is 10.1. The molecule has 0 unspecified atom stereocenters. The summed E-state index contributed by atoms with van der Waals surface area (Å²) in [6.07, 6.45) is 1.51. The zero-order valence-electron chi connectivity index (χ0n) is 14.5. The van der Waals surface area contributed by atoms with E-state index in [2.05, 4.69) is 4.99 Å². The van der Waals surface area contributed by atoms with Crippen molar-refractivity contribution in [2.75, 3.05) is 0 Å². The second-order valence-electron chi connectivity index (χ2n) is 6.23. The highest BCUT2D eigenvalue weighted by Crippen LogP contribution is 2.24. The summed E-state index contributed by atoms with van der Waals surface area (Å²) in [5.41, 5.74) is 2.42. The van der Waals surface area contributed by atoms with Crippen LogP contribution in [-0.4, -0.2) is 16.6 Å². The Hall–Kier alpha value is -3.53. The minimum atomic E-state index is -0.379. The van der Waals surface area contributed by atoms with Gasteiger partial charge in [0.25, 0.3) is 5.91 Å². The van der Waals surface area contributed by atoms with E-state index in [1.54, 1.807) is 23.1 Å². The third kappa shape index (κ3) is 3.55. The number of carbonyl (C=O) groups excluding carboxylic acids is 1. The van der Waals surface area contributed by atoms with E-state index in [0.29, 0.717) is 17.9 Å². The average molecular weight is 356 g/mol. The first-order valence-electron chi connectivity index (χ1n) is 8.68. The van der Waals surface area contributed by atoms with Gasteiger partial charge in [0, 0.05) is 11.1 Å². The summed E-state index contributed by atoms with van der Waals surface area (Å²) in [7, 11) is 0. The van der Waals surface area contributed by atoms with Crippen molar-refractivity contribution in [1.82, 2.24) is 4.90 Å². The van der Waals surface area contributed by atoms with E-state index in [0.717, 1.165) is 11.1 Å². The van der Waals surface area contributed by atoms with Crippen LogP contribution in [0.15, 0.2) is 95.6 Å². The second kappa shape index (κ2) is 7.38. The third-order valence-electron chi connectivity index (χ3n) is 4.36. The van der Waals surface area contributed by atoms with Crippen LogP contribution in [0.5, 0.6) is 0 Å². The molecule has 0 radical (unpaired) electrons. The van der Waals surface area contributed by atoms with Crippen LogP contribution in [-0.2, 0) is 11.3 Å². The lowest BCUT2D eigenvalue weighted by molar-refractivity contribution is -0.123. The molecule has 0 aromatic heterocycles. The van der Waals surface area contributed by atoms with Crippen molar-refractivity contribution in [2.45, 2.75) is 6.54 Å². The maximum atomic E-state index is 14.0. The number of hydrogen-bond acceptors (Lipinski definition) is 2.